The molecule has 0 fully saturated rings. The van der Waals surface area contributed by atoms with Gasteiger partial charge in [-0.1, -0.05) is 22.0 Å². The summed E-state index contributed by atoms with van der Waals surface area (Å²) in [6.07, 6.45) is 1.66. The molecule has 0 radical (unpaired) electrons. The molecule has 0 saturated heterocycles. The molecule has 1 aromatic rings. The first-order valence-electron chi connectivity index (χ1n) is 3.58. The maximum Gasteiger partial charge on any atom is 0.246 e. The number of amides is 1. The minimum absolute atomic E-state index is 0.0591. The number of aromatic nitrogens is 1. The van der Waals surface area contributed by atoms with Crippen LogP contribution in [0.15, 0.2) is 18.3 Å². The van der Waals surface area contributed by atoms with Gasteiger partial charge in [0, 0.05) is 11.8 Å². The van der Waals surface area contributed by atoms with Crippen molar-refractivity contribution in [1.82, 2.24) is 4.98 Å². The second-order valence-corrected chi connectivity index (χ2v) is 4.44. The fraction of sp³-hybridized carbons (Fsp3) is 0.250. The molecule has 2 rings (SSSR count). The average Bonchev–Trinajstić information content (AvgIpc) is 2.25. The minimum Gasteiger partial charge on any atom is -0.309 e. The molecule has 0 aliphatic carbocycles. The first-order chi connectivity index (χ1) is 5.62. The zero-order valence-electron chi connectivity index (χ0n) is 6.47. The summed E-state index contributed by atoms with van der Waals surface area (Å²) < 4.78 is -0.614. The topological polar surface area (TPSA) is 42.0 Å². The van der Waals surface area contributed by atoms with Crippen molar-refractivity contribution in [3.8, 4) is 0 Å². The average molecular weight is 227 g/mol. The molecule has 1 unspecified atom stereocenters. The summed E-state index contributed by atoms with van der Waals surface area (Å²) in [4.78, 5) is 15.4. The van der Waals surface area contributed by atoms with Crippen molar-refractivity contribution in [2.45, 2.75) is 11.2 Å². The standard InChI is InChI=1S/C8H7BrN2O/c1-8(9)5-3-2-4-10-6(5)11-7(8)12/h2-4H,1H3,(H,10,11,12). The molecule has 1 N–H and O–H groups in total. The number of nitrogens with one attached hydrogen (secondary N) is 1. The van der Waals surface area contributed by atoms with Crippen molar-refractivity contribution < 1.29 is 4.79 Å². The Morgan fingerprint density at radius 2 is 2.42 bits per heavy atom. The normalized spacial score (nSPS) is 26.7. The third-order valence-corrected chi connectivity index (χ3v) is 2.76. The zero-order valence-corrected chi connectivity index (χ0v) is 8.05. The van der Waals surface area contributed by atoms with E-state index in [1.54, 1.807) is 6.20 Å². The molecule has 4 heteroatoms. The predicted molar refractivity (Wildman–Crippen MR) is 49.1 cm³/mol. The highest BCUT2D eigenvalue weighted by molar-refractivity contribution is 9.10. The molecule has 2 heterocycles. The highest BCUT2D eigenvalue weighted by Gasteiger charge is 2.40. The molecular weight excluding hydrogens is 220 g/mol. The molecule has 12 heavy (non-hydrogen) atoms. The summed E-state index contributed by atoms with van der Waals surface area (Å²) in [6, 6.07) is 3.70. The van der Waals surface area contributed by atoms with Crippen molar-refractivity contribution in [3.05, 3.63) is 23.9 Å². The van der Waals surface area contributed by atoms with E-state index in [0.717, 1.165) is 5.56 Å². The molecule has 0 bridgehead atoms. The highest BCUT2D eigenvalue weighted by Crippen LogP contribution is 2.40. The van der Waals surface area contributed by atoms with E-state index >= 15 is 0 Å². The summed E-state index contributed by atoms with van der Waals surface area (Å²) in [5.41, 5.74) is 0.898. The second kappa shape index (κ2) is 2.29. The first-order valence-corrected chi connectivity index (χ1v) is 4.37. The summed E-state index contributed by atoms with van der Waals surface area (Å²) >= 11 is 3.35. The van der Waals surface area contributed by atoms with E-state index in [1.165, 1.54) is 0 Å². The highest BCUT2D eigenvalue weighted by atomic mass is 79.9. The van der Waals surface area contributed by atoms with Crippen LogP contribution in [0, 0.1) is 0 Å². The van der Waals surface area contributed by atoms with E-state index in [9.17, 15) is 4.79 Å². The summed E-state index contributed by atoms with van der Waals surface area (Å²) in [5.74, 6) is 0.595. The first kappa shape index (κ1) is 7.73. The maximum absolute atomic E-state index is 11.4. The van der Waals surface area contributed by atoms with Crippen LogP contribution < -0.4 is 5.32 Å². The number of carbonyl (C=O) groups is 1. The second-order valence-electron chi connectivity index (χ2n) is 2.86. The summed E-state index contributed by atoms with van der Waals surface area (Å²) in [7, 11) is 0. The van der Waals surface area contributed by atoms with Crippen LogP contribution in [0.5, 0.6) is 0 Å². The van der Waals surface area contributed by atoms with Crippen molar-refractivity contribution in [3.63, 3.8) is 0 Å². The molecule has 0 aromatic carbocycles. The van der Waals surface area contributed by atoms with Gasteiger partial charge in [-0.3, -0.25) is 4.79 Å². The largest absolute Gasteiger partial charge is 0.309 e. The van der Waals surface area contributed by atoms with Crippen LogP contribution in [0.2, 0.25) is 0 Å². The van der Waals surface area contributed by atoms with Crippen molar-refractivity contribution >= 4 is 27.7 Å². The monoisotopic (exact) mass is 226 g/mol. The number of hydrogen-bond donors (Lipinski definition) is 1. The van der Waals surface area contributed by atoms with E-state index in [0.29, 0.717) is 5.82 Å². The lowest BCUT2D eigenvalue weighted by molar-refractivity contribution is -0.117. The number of rotatable bonds is 0. The zero-order chi connectivity index (χ0) is 8.77. The van der Waals surface area contributed by atoms with Crippen LogP contribution in [-0.4, -0.2) is 10.9 Å². The number of anilines is 1. The smallest absolute Gasteiger partial charge is 0.246 e. The van der Waals surface area contributed by atoms with E-state index < -0.39 is 4.32 Å². The van der Waals surface area contributed by atoms with Gasteiger partial charge < -0.3 is 5.32 Å². The Hall–Kier alpha value is -0.900. The Bertz CT molecular complexity index is 349. The number of pyridine rings is 1. The van der Waals surface area contributed by atoms with Gasteiger partial charge in [0.05, 0.1) is 0 Å². The van der Waals surface area contributed by atoms with Crippen LogP contribution >= 0.6 is 15.9 Å². The SMILES string of the molecule is CC1(Br)C(=O)Nc2ncccc21. The molecule has 0 spiro atoms. The molecule has 1 atom stereocenters. The number of halogens is 1. The van der Waals surface area contributed by atoms with Gasteiger partial charge in [-0.25, -0.2) is 4.98 Å². The van der Waals surface area contributed by atoms with Gasteiger partial charge in [-0.05, 0) is 13.0 Å². The molecule has 3 nitrogen and oxygen atoms in total. The van der Waals surface area contributed by atoms with Gasteiger partial charge in [0.25, 0.3) is 0 Å². The van der Waals surface area contributed by atoms with Crippen LogP contribution in [0.4, 0.5) is 5.82 Å². The number of carbonyl (C=O) groups excluding carboxylic acids is 1. The van der Waals surface area contributed by atoms with Crippen LogP contribution in [-0.2, 0) is 9.12 Å². The van der Waals surface area contributed by atoms with E-state index in [2.05, 4.69) is 26.2 Å². The Balaban J connectivity index is 2.63. The van der Waals surface area contributed by atoms with Crippen molar-refractivity contribution in [2.75, 3.05) is 5.32 Å². The van der Waals surface area contributed by atoms with E-state index in [1.807, 2.05) is 19.1 Å². The Kier molecular flexibility index (Phi) is 1.48. The lowest BCUT2D eigenvalue weighted by Gasteiger charge is -2.11. The lowest BCUT2D eigenvalue weighted by atomic mass is 10.1. The van der Waals surface area contributed by atoms with Gasteiger partial charge in [-0.2, -0.15) is 0 Å². The lowest BCUT2D eigenvalue weighted by Crippen LogP contribution is -2.23. The van der Waals surface area contributed by atoms with Crippen LogP contribution in [0.1, 0.15) is 12.5 Å². The van der Waals surface area contributed by atoms with Gasteiger partial charge >= 0.3 is 0 Å². The van der Waals surface area contributed by atoms with Gasteiger partial charge in [-0.15, -0.1) is 0 Å². The van der Waals surface area contributed by atoms with Gasteiger partial charge in [0.15, 0.2) is 0 Å². The molecule has 1 aliphatic heterocycles. The fourth-order valence-electron chi connectivity index (χ4n) is 1.23. The predicted octanol–water partition coefficient (Wildman–Crippen LogP) is 1.64. The Labute approximate surface area is 78.3 Å². The number of hydrogen-bond acceptors (Lipinski definition) is 2. The summed E-state index contributed by atoms with van der Waals surface area (Å²) in [6.45, 7) is 1.82. The van der Waals surface area contributed by atoms with E-state index in [4.69, 9.17) is 0 Å². The van der Waals surface area contributed by atoms with Crippen LogP contribution in [0.25, 0.3) is 0 Å². The van der Waals surface area contributed by atoms with E-state index in [-0.39, 0.29) is 5.91 Å². The maximum atomic E-state index is 11.4. The van der Waals surface area contributed by atoms with Gasteiger partial charge in [0.1, 0.15) is 10.1 Å². The van der Waals surface area contributed by atoms with Crippen LogP contribution in [0.3, 0.4) is 0 Å². The van der Waals surface area contributed by atoms with Crippen molar-refractivity contribution in [1.29, 1.82) is 0 Å². The number of fused-ring (bicyclic) bond motifs is 1. The van der Waals surface area contributed by atoms with Gasteiger partial charge in [0.2, 0.25) is 5.91 Å². The quantitative estimate of drug-likeness (QED) is 0.684. The molecule has 1 amide bonds. The molecule has 62 valence electrons. The fourth-order valence-corrected chi connectivity index (χ4v) is 1.65. The molecular formula is C8H7BrN2O. The molecule has 0 saturated carbocycles. The third kappa shape index (κ3) is 0.876. The number of alkyl halides is 1. The Morgan fingerprint density at radius 3 is 3.08 bits per heavy atom. The molecule has 1 aliphatic rings. The summed E-state index contributed by atoms with van der Waals surface area (Å²) in [5, 5.41) is 2.69. The Morgan fingerprint density at radius 1 is 1.67 bits per heavy atom. The third-order valence-electron chi connectivity index (χ3n) is 1.97. The van der Waals surface area contributed by atoms with Crippen molar-refractivity contribution in [2.24, 2.45) is 0 Å². The number of nitrogens with zero attached hydrogens (tertiary/aromatic N) is 1. The minimum atomic E-state index is -0.614. The molecule has 1 aromatic heterocycles.